The van der Waals surface area contributed by atoms with Gasteiger partial charge in [0.25, 0.3) is 0 Å². The van der Waals surface area contributed by atoms with E-state index in [1.807, 2.05) is 17.0 Å². The standard InChI is InChI=1S/C19H28N2O3/c1-23-17-11-15-7-10-21(13-16(15)12-18(17)24-2)19(22)14-20-8-5-3-4-6-9-20/h11-12H,3-10,13-14H2,1-2H3. The molecule has 0 aromatic heterocycles. The second kappa shape index (κ2) is 7.88. The molecule has 1 aromatic carbocycles. The second-order valence-electron chi connectivity index (χ2n) is 6.73. The topological polar surface area (TPSA) is 42.0 Å². The fourth-order valence-corrected chi connectivity index (χ4v) is 3.68. The van der Waals surface area contributed by atoms with E-state index in [4.69, 9.17) is 9.47 Å². The first-order valence-corrected chi connectivity index (χ1v) is 8.95. The highest BCUT2D eigenvalue weighted by molar-refractivity contribution is 5.78. The fourth-order valence-electron chi connectivity index (χ4n) is 3.68. The zero-order chi connectivity index (χ0) is 16.9. The molecular formula is C19H28N2O3. The maximum atomic E-state index is 12.7. The first-order chi connectivity index (χ1) is 11.7. The minimum Gasteiger partial charge on any atom is -0.493 e. The number of carbonyl (C=O) groups excluding carboxylic acids is 1. The van der Waals surface area contributed by atoms with Gasteiger partial charge in [-0.25, -0.2) is 0 Å². The summed E-state index contributed by atoms with van der Waals surface area (Å²) in [7, 11) is 3.30. The van der Waals surface area contributed by atoms with Crippen LogP contribution in [0.2, 0.25) is 0 Å². The van der Waals surface area contributed by atoms with Crippen molar-refractivity contribution < 1.29 is 14.3 Å². The van der Waals surface area contributed by atoms with Crippen molar-refractivity contribution in [2.24, 2.45) is 0 Å². The minimum absolute atomic E-state index is 0.248. The SMILES string of the molecule is COc1cc2c(cc1OC)CN(C(=O)CN1CCCCCC1)CC2. The number of ether oxygens (including phenoxy) is 2. The van der Waals surface area contributed by atoms with Gasteiger partial charge in [0.2, 0.25) is 5.91 Å². The largest absolute Gasteiger partial charge is 0.493 e. The lowest BCUT2D eigenvalue weighted by Crippen LogP contribution is -2.43. The predicted octanol–water partition coefficient (Wildman–Crippen LogP) is 2.46. The summed E-state index contributed by atoms with van der Waals surface area (Å²) in [5.41, 5.74) is 2.43. The van der Waals surface area contributed by atoms with Gasteiger partial charge in [-0.05, 0) is 55.6 Å². The number of carbonyl (C=O) groups is 1. The fraction of sp³-hybridized carbons (Fsp3) is 0.632. The van der Waals surface area contributed by atoms with Crippen molar-refractivity contribution in [2.75, 3.05) is 40.4 Å². The van der Waals surface area contributed by atoms with Gasteiger partial charge >= 0.3 is 0 Å². The first-order valence-electron chi connectivity index (χ1n) is 8.95. The second-order valence-corrected chi connectivity index (χ2v) is 6.73. The van der Waals surface area contributed by atoms with Crippen molar-refractivity contribution >= 4 is 5.91 Å². The van der Waals surface area contributed by atoms with Gasteiger partial charge in [-0.1, -0.05) is 12.8 Å². The van der Waals surface area contributed by atoms with Gasteiger partial charge in [0.15, 0.2) is 11.5 Å². The Hall–Kier alpha value is -1.75. The number of hydrogen-bond donors (Lipinski definition) is 0. The summed E-state index contributed by atoms with van der Waals surface area (Å²) in [6, 6.07) is 4.06. The summed E-state index contributed by atoms with van der Waals surface area (Å²) in [5, 5.41) is 0. The van der Waals surface area contributed by atoms with E-state index in [1.54, 1.807) is 14.2 Å². The number of hydrogen-bond acceptors (Lipinski definition) is 4. The average Bonchev–Trinajstić information content (AvgIpc) is 2.88. The number of rotatable bonds is 4. The zero-order valence-electron chi connectivity index (χ0n) is 14.8. The van der Waals surface area contributed by atoms with Gasteiger partial charge in [-0.2, -0.15) is 0 Å². The third kappa shape index (κ3) is 3.83. The molecule has 1 aromatic rings. The van der Waals surface area contributed by atoms with Crippen molar-refractivity contribution in [1.82, 2.24) is 9.80 Å². The summed E-state index contributed by atoms with van der Waals surface area (Å²) in [5.74, 6) is 1.75. The molecular weight excluding hydrogens is 304 g/mol. The average molecular weight is 332 g/mol. The van der Waals surface area contributed by atoms with Crippen LogP contribution in [0.4, 0.5) is 0 Å². The molecule has 0 spiro atoms. The number of methoxy groups -OCH3 is 2. The van der Waals surface area contributed by atoms with Crippen LogP contribution in [0.1, 0.15) is 36.8 Å². The van der Waals surface area contributed by atoms with E-state index < -0.39 is 0 Å². The molecule has 2 aliphatic heterocycles. The Morgan fingerprint density at radius 2 is 1.58 bits per heavy atom. The van der Waals surface area contributed by atoms with Crippen LogP contribution in [0, 0.1) is 0 Å². The van der Waals surface area contributed by atoms with Crippen LogP contribution in [-0.2, 0) is 17.8 Å². The Kier molecular flexibility index (Phi) is 5.61. The summed E-state index contributed by atoms with van der Waals surface area (Å²) in [6.45, 7) is 4.13. The van der Waals surface area contributed by atoms with Crippen LogP contribution in [0.15, 0.2) is 12.1 Å². The van der Waals surface area contributed by atoms with Crippen LogP contribution >= 0.6 is 0 Å². The van der Waals surface area contributed by atoms with Gasteiger partial charge in [-0.15, -0.1) is 0 Å². The molecule has 0 radical (unpaired) electrons. The summed E-state index contributed by atoms with van der Waals surface area (Å²) in [6.07, 6.45) is 5.90. The van der Waals surface area contributed by atoms with Gasteiger partial charge in [0.05, 0.1) is 20.8 Å². The summed E-state index contributed by atoms with van der Waals surface area (Å²) >= 11 is 0. The molecule has 1 fully saturated rings. The summed E-state index contributed by atoms with van der Waals surface area (Å²) < 4.78 is 10.8. The molecule has 5 nitrogen and oxygen atoms in total. The Labute approximate surface area is 144 Å². The summed E-state index contributed by atoms with van der Waals surface area (Å²) in [4.78, 5) is 17.0. The quantitative estimate of drug-likeness (QED) is 0.849. The molecule has 0 unspecified atom stereocenters. The van der Waals surface area contributed by atoms with E-state index >= 15 is 0 Å². The van der Waals surface area contributed by atoms with Gasteiger partial charge in [0, 0.05) is 13.1 Å². The number of benzene rings is 1. The molecule has 132 valence electrons. The molecule has 1 amide bonds. The van der Waals surface area contributed by atoms with E-state index in [-0.39, 0.29) is 5.91 Å². The number of fused-ring (bicyclic) bond motifs is 1. The van der Waals surface area contributed by atoms with Crippen LogP contribution in [0.3, 0.4) is 0 Å². The maximum absolute atomic E-state index is 12.7. The third-order valence-electron chi connectivity index (χ3n) is 5.13. The molecule has 0 N–H and O–H groups in total. The molecule has 3 rings (SSSR count). The molecule has 0 aliphatic carbocycles. The van der Waals surface area contributed by atoms with Gasteiger partial charge in [0.1, 0.15) is 0 Å². The molecule has 2 aliphatic rings. The highest BCUT2D eigenvalue weighted by Crippen LogP contribution is 2.33. The van der Waals surface area contributed by atoms with Gasteiger partial charge < -0.3 is 14.4 Å². The van der Waals surface area contributed by atoms with E-state index in [1.165, 1.54) is 36.8 Å². The zero-order valence-corrected chi connectivity index (χ0v) is 14.8. The highest BCUT2D eigenvalue weighted by Gasteiger charge is 2.24. The monoisotopic (exact) mass is 332 g/mol. The molecule has 24 heavy (non-hydrogen) atoms. The van der Waals surface area contributed by atoms with Crippen molar-refractivity contribution in [3.8, 4) is 11.5 Å². The van der Waals surface area contributed by atoms with Crippen molar-refractivity contribution in [2.45, 2.75) is 38.6 Å². The predicted molar refractivity (Wildman–Crippen MR) is 93.6 cm³/mol. The Bertz CT molecular complexity index is 580. The van der Waals surface area contributed by atoms with E-state index in [0.29, 0.717) is 13.1 Å². The number of likely N-dealkylation sites (tertiary alicyclic amines) is 1. The van der Waals surface area contributed by atoms with Crippen LogP contribution in [-0.4, -0.2) is 56.1 Å². The van der Waals surface area contributed by atoms with Crippen LogP contribution in [0.5, 0.6) is 11.5 Å². The lowest BCUT2D eigenvalue weighted by atomic mass is 9.98. The van der Waals surface area contributed by atoms with Crippen molar-refractivity contribution in [1.29, 1.82) is 0 Å². The normalized spacial score (nSPS) is 18.7. The highest BCUT2D eigenvalue weighted by atomic mass is 16.5. The molecule has 5 heteroatoms. The minimum atomic E-state index is 0.248. The third-order valence-corrected chi connectivity index (χ3v) is 5.13. The van der Waals surface area contributed by atoms with Crippen molar-refractivity contribution in [3.05, 3.63) is 23.3 Å². The maximum Gasteiger partial charge on any atom is 0.237 e. The Morgan fingerprint density at radius 3 is 2.21 bits per heavy atom. The van der Waals surface area contributed by atoms with Crippen LogP contribution in [0.25, 0.3) is 0 Å². The lowest BCUT2D eigenvalue weighted by molar-refractivity contribution is -0.133. The number of nitrogens with zero attached hydrogens (tertiary/aromatic N) is 2. The Balaban J connectivity index is 1.66. The first kappa shape index (κ1) is 17.1. The molecule has 0 bridgehead atoms. The molecule has 0 saturated carbocycles. The van der Waals surface area contributed by atoms with Gasteiger partial charge in [-0.3, -0.25) is 9.69 Å². The van der Waals surface area contributed by atoms with E-state index in [9.17, 15) is 4.79 Å². The van der Waals surface area contributed by atoms with E-state index in [0.717, 1.165) is 37.6 Å². The van der Waals surface area contributed by atoms with Crippen molar-refractivity contribution in [3.63, 3.8) is 0 Å². The molecule has 1 saturated heterocycles. The van der Waals surface area contributed by atoms with E-state index in [2.05, 4.69) is 4.90 Å². The molecule has 2 heterocycles. The lowest BCUT2D eigenvalue weighted by Gasteiger charge is -2.31. The molecule has 0 atom stereocenters. The van der Waals surface area contributed by atoms with Crippen LogP contribution < -0.4 is 9.47 Å². The number of amides is 1. The Morgan fingerprint density at radius 1 is 0.958 bits per heavy atom. The smallest absolute Gasteiger partial charge is 0.237 e.